The van der Waals surface area contributed by atoms with Crippen LogP contribution in [0, 0.1) is 0 Å². The van der Waals surface area contributed by atoms with Gasteiger partial charge in [-0.25, -0.2) is 14.0 Å². The van der Waals surface area contributed by atoms with Crippen molar-refractivity contribution in [3.8, 4) is 0 Å². The lowest BCUT2D eigenvalue weighted by Gasteiger charge is -2.28. The van der Waals surface area contributed by atoms with Crippen LogP contribution in [-0.2, 0) is 0 Å². The lowest BCUT2D eigenvalue weighted by atomic mass is 11.0. The van der Waals surface area contributed by atoms with Gasteiger partial charge in [0.15, 0.2) is 0 Å². The van der Waals surface area contributed by atoms with Crippen molar-refractivity contribution in [1.82, 2.24) is 14.0 Å². The normalized spacial score (nSPS) is 52.2. The summed E-state index contributed by atoms with van der Waals surface area (Å²) in [5.74, 6) is 0. The average Bonchev–Trinajstić information content (AvgIpc) is 3.18. The maximum atomic E-state index is 6.66. The molecule has 0 N–H and O–H groups in total. The Hall–Kier alpha value is 1.44. The maximum Gasteiger partial charge on any atom is 0.239 e. The van der Waals surface area contributed by atoms with Gasteiger partial charge in [-0.3, -0.25) is 0 Å². The first kappa shape index (κ1) is 13.1. The lowest BCUT2D eigenvalue weighted by molar-refractivity contribution is 0.888. The molecule has 0 unspecified atom stereocenters. The van der Waals surface area contributed by atoms with Crippen molar-refractivity contribution < 1.29 is 0 Å². The highest BCUT2D eigenvalue weighted by Crippen LogP contribution is 2.87. The first-order chi connectivity index (χ1) is 8.44. The second-order valence-electron chi connectivity index (χ2n) is 4.61. The number of hydrogen-bond acceptors (Lipinski definition) is 6. The van der Waals surface area contributed by atoms with Crippen LogP contribution in [0.4, 0.5) is 0 Å². The summed E-state index contributed by atoms with van der Waals surface area (Å²) in [6.07, 6.45) is 0. The molecule has 0 radical (unpaired) electrons. The molecule has 4 rings (SSSR count). The molecule has 0 aromatic carbocycles. The molecule has 18 heavy (non-hydrogen) atoms. The Morgan fingerprint density at radius 1 is 0.556 bits per heavy atom. The van der Waals surface area contributed by atoms with Gasteiger partial charge in [0.25, 0.3) is 0 Å². The van der Waals surface area contributed by atoms with E-state index in [9.17, 15) is 0 Å². The van der Waals surface area contributed by atoms with E-state index in [4.69, 9.17) is 33.7 Å². The second-order valence-corrected chi connectivity index (χ2v) is 15.5. The van der Waals surface area contributed by atoms with E-state index in [0.29, 0.717) is 0 Å². The van der Waals surface area contributed by atoms with Gasteiger partial charge in [0.1, 0.15) is 0 Å². The summed E-state index contributed by atoms with van der Waals surface area (Å²) in [6, 6.07) is 0. The molecular weight excluding hydrogens is 355 g/mol. The molecule has 3 saturated heterocycles. The molecular formula is C6H12Cl3N6P3. The first-order valence-corrected chi connectivity index (χ1v) is 13.4. The minimum Gasteiger partial charge on any atom is -0.237 e. The summed E-state index contributed by atoms with van der Waals surface area (Å²) in [5.41, 5.74) is 0. The van der Waals surface area contributed by atoms with E-state index in [0.717, 1.165) is 39.3 Å². The lowest BCUT2D eigenvalue weighted by Crippen LogP contribution is -1.96. The largest absolute Gasteiger partial charge is 0.239 e. The Morgan fingerprint density at radius 3 is 0.944 bits per heavy atom. The van der Waals surface area contributed by atoms with Crippen LogP contribution in [0.15, 0.2) is 13.5 Å². The van der Waals surface area contributed by atoms with Gasteiger partial charge in [0.2, 0.25) is 20.1 Å². The predicted molar refractivity (Wildman–Crippen MR) is 80.3 cm³/mol. The number of hydrogen-bond donors (Lipinski definition) is 0. The van der Waals surface area contributed by atoms with Crippen molar-refractivity contribution in [2.75, 3.05) is 39.3 Å². The van der Waals surface area contributed by atoms with Gasteiger partial charge in [-0.15, -0.1) is 0 Å². The highest BCUT2D eigenvalue weighted by atomic mass is 35.7. The number of rotatable bonds is 3. The molecule has 0 atom stereocenters. The van der Waals surface area contributed by atoms with Crippen LogP contribution in [-0.4, -0.2) is 53.3 Å². The van der Waals surface area contributed by atoms with Crippen molar-refractivity contribution in [3.63, 3.8) is 0 Å². The van der Waals surface area contributed by atoms with Crippen LogP contribution in [0.5, 0.6) is 0 Å². The van der Waals surface area contributed by atoms with E-state index < -0.39 is 20.1 Å². The molecule has 4 heterocycles. The van der Waals surface area contributed by atoms with Crippen molar-refractivity contribution in [3.05, 3.63) is 0 Å². The molecule has 4 aliphatic rings. The van der Waals surface area contributed by atoms with E-state index in [1.165, 1.54) is 0 Å². The van der Waals surface area contributed by atoms with Crippen LogP contribution < -0.4 is 0 Å². The smallest absolute Gasteiger partial charge is 0.237 e. The maximum absolute atomic E-state index is 6.66. The molecule has 12 heteroatoms. The summed E-state index contributed by atoms with van der Waals surface area (Å²) >= 11 is 20.0. The van der Waals surface area contributed by atoms with Gasteiger partial charge in [0, 0.05) is 39.3 Å². The van der Waals surface area contributed by atoms with E-state index in [1.807, 2.05) is 0 Å². The van der Waals surface area contributed by atoms with E-state index in [1.54, 1.807) is 0 Å². The molecule has 0 bridgehead atoms. The molecule has 0 aliphatic carbocycles. The van der Waals surface area contributed by atoms with Crippen LogP contribution in [0.2, 0.25) is 0 Å². The highest BCUT2D eigenvalue weighted by molar-refractivity contribution is 8.07. The molecule has 0 amide bonds. The number of halogens is 3. The number of nitrogens with zero attached hydrogens (tertiary/aromatic N) is 6. The Labute approximate surface area is 120 Å². The molecule has 0 saturated carbocycles. The molecule has 102 valence electrons. The van der Waals surface area contributed by atoms with Crippen molar-refractivity contribution in [2.45, 2.75) is 0 Å². The molecule has 3 fully saturated rings. The van der Waals surface area contributed by atoms with E-state index >= 15 is 0 Å². The van der Waals surface area contributed by atoms with Gasteiger partial charge < -0.3 is 0 Å². The Bertz CT molecular complexity index is 480. The molecule has 6 nitrogen and oxygen atoms in total. The predicted octanol–water partition coefficient (Wildman–Crippen LogP) is 4.50. The second kappa shape index (κ2) is 4.00. The fourth-order valence-corrected chi connectivity index (χ4v) is 18.5. The topological polar surface area (TPSA) is 46.1 Å². The fourth-order valence-electron chi connectivity index (χ4n) is 1.73. The van der Waals surface area contributed by atoms with E-state index in [2.05, 4.69) is 27.6 Å². The molecule has 4 aliphatic heterocycles. The van der Waals surface area contributed by atoms with Crippen LogP contribution in [0.25, 0.3) is 0 Å². The molecule has 0 spiro atoms. The quantitative estimate of drug-likeness (QED) is 0.545. The summed E-state index contributed by atoms with van der Waals surface area (Å²) in [5, 5.41) is 0. The van der Waals surface area contributed by atoms with Crippen LogP contribution >= 0.6 is 53.8 Å². The van der Waals surface area contributed by atoms with Crippen LogP contribution in [0.3, 0.4) is 0 Å². The third-order valence-electron chi connectivity index (χ3n) is 3.03. The van der Waals surface area contributed by atoms with E-state index in [-0.39, 0.29) is 0 Å². The van der Waals surface area contributed by atoms with Gasteiger partial charge in [-0.2, -0.15) is 13.5 Å². The van der Waals surface area contributed by atoms with Gasteiger partial charge in [0.05, 0.1) is 0 Å². The summed E-state index contributed by atoms with van der Waals surface area (Å²) < 4.78 is 20.3. The van der Waals surface area contributed by atoms with Gasteiger partial charge in [-0.05, 0) is 33.7 Å². The van der Waals surface area contributed by atoms with Crippen molar-refractivity contribution in [2.24, 2.45) is 13.5 Å². The van der Waals surface area contributed by atoms with Crippen molar-refractivity contribution >= 4 is 53.8 Å². The minimum atomic E-state index is -2.38. The third kappa shape index (κ3) is 2.19. The zero-order valence-corrected chi connectivity index (χ0v) is 14.4. The summed E-state index contributed by atoms with van der Waals surface area (Å²) in [4.78, 5) is 0. The SMILES string of the molecule is ClP1(N2CC2)=NP(Cl)(N2CC2)=NP(Cl)(N2CC2)=N1. The zero-order valence-electron chi connectivity index (χ0n) is 9.40. The van der Waals surface area contributed by atoms with Crippen molar-refractivity contribution in [1.29, 1.82) is 0 Å². The average molecular weight is 367 g/mol. The molecule has 0 aromatic rings. The fraction of sp³-hybridized carbons (Fsp3) is 1.00. The third-order valence-corrected chi connectivity index (χ3v) is 17.4. The van der Waals surface area contributed by atoms with Gasteiger partial charge >= 0.3 is 0 Å². The minimum absolute atomic E-state index is 0.943. The first-order valence-electron chi connectivity index (χ1n) is 5.70. The Morgan fingerprint density at radius 2 is 0.778 bits per heavy atom. The van der Waals surface area contributed by atoms with Gasteiger partial charge in [-0.1, -0.05) is 0 Å². The monoisotopic (exact) mass is 366 g/mol. The Kier molecular flexibility index (Phi) is 2.92. The molecule has 0 aromatic heterocycles. The zero-order chi connectivity index (χ0) is 12.6. The highest BCUT2D eigenvalue weighted by Gasteiger charge is 2.49. The summed E-state index contributed by atoms with van der Waals surface area (Å²) in [6.45, 7) is -1.49. The summed E-state index contributed by atoms with van der Waals surface area (Å²) in [7, 11) is 0. The van der Waals surface area contributed by atoms with Crippen LogP contribution in [0.1, 0.15) is 0 Å². The standard InChI is InChI=1S/C6H12Cl3N6P3/c7-16(13-1-2-13)10-17(8,14-3-4-14)12-18(9,11-16)15-5-6-15/h1-6H2. The Balaban J connectivity index is 1.91.